The third-order valence-electron chi connectivity index (χ3n) is 5.00. The van der Waals surface area contributed by atoms with Crippen LogP contribution in [0.15, 0.2) is 85.1 Å². The van der Waals surface area contributed by atoms with Gasteiger partial charge in [0.1, 0.15) is 6.54 Å². The standard InChI is InChI=1S/C25H18N4O3/c26-15-19(18-10-12-22(13-11-18)29(31)32)14-20-16-28(24-9-5-4-8-23(20)24)17-25(30)27-21-6-2-1-3-7-21/h1-14,16H,17H2,(H,27,30)/b19-14-. The van der Waals surface area contributed by atoms with E-state index in [9.17, 15) is 20.2 Å². The van der Waals surface area contributed by atoms with Gasteiger partial charge in [0, 0.05) is 40.5 Å². The number of fused-ring (bicyclic) bond motifs is 1. The Morgan fingerprint density at radius 3 is 2.41 bits per heavy atom. The van der Waals surface area contributed by atoms with E-state index < -0.39 is 4.92 Å². The summed E-state index contributed by atoms with van der Waals surface area (Å²) in [5, 5.41) is 24.3. The van der Waals surface area contributed by atoms with E-state index >= 15 is 0 Å². The van der Waals surface area contributed by atoms with E-state index in [1.54, 1.807) is 18.2 Å². The van der Waals surface area contributed by atoms with Crippen LogP contribution in [0.2, 0.25) is 0 Å². The molecule has 0 aliphatic carbocycles. The molecule has 4 aromatic rings. The summed E-state index contributed by atoms with van der Waals surface area (Å²) in [6.07, 6.45) is 3.56. The molecule has 1 N–H and O–H groups in total. The summed E-state index contributed by atoms with van der Waals surface area (Å²) in [7, 11) is 0. The molecule has 3 aromatic carbocycles. The lowest BCUT2D eigenvalue weighted by atomic mass is 10.0. The van der Waals surface area contributed by atoms with E-state index in [0.29, 0.717) is 11.1 Å². The van der Waals surface area contributed by atoms with Crippen molar-refractivity contribution >= 4 is 39.8 Å². The van der Waals surface area contributed by atoms with Crippen LogP contribution in [0.4, 0.5) is 11.4 Å². The predicted octanol–water partition coefficient (Wildman–Crippen LogP) is 5.25. The van der Waals surface area contributed by atoms with Crippen molar-refractivity contribution in [2.75, 3.05) is 5.32 Å². The number of aromatic nitrogens is 1. The fourth-order valence-electron chi connectivity index (χ4n) is 3.50. The number of nitro benzene ring substituents is 1. The first-order chi connectivity index (χ1) is 15.5. The Bertz CT molecular complexity index is 1360. The van der Waals surface area contributed by atoms with Gasteiger partial charge in [0.05, 0.1) is 16.6 Å². The molecule has 0 bridgehead atoms. The van der Waals surface area contributed by atoms with E-state index in [2.05, 4.69) is 11.4 Å². The van der Waals surface area contributed by atoms with Gasteiger partial charge < -0.3 is 9.88 Å². The van der Waals surface area contributed by atoms with Crippen molar-refractivity contribution in [1.82, 2.24) is 4.57 Å². The van der Waals surface area contributed by atoms with Crippen LogP contribution in [0.5, 0.6) is 0 Å². The maximum Gasteiger partial charge on any atom is 0.269 e. The summed E-state index contributed by atoms with van der Waals surface area (Å²) >= 11 is 0. The summed E-state index contributed by atoms with van der Waals surface area (Å²) in [6.45, 7) is 0.114. The van der Waals surface area contributed by atoms with Crippen molar-refractivity contribution in [3.8, 4) is 6.07 Å². The lowest BCUT2D eigenvalue weighted by molar-refractivity contribution is -0.384. The molecule has 0 fully saturated rings. The number of nitriles is 1. The second-order valence-corrected chi connectivity index (χ2v) is 7.12. The van der Waals surface area contributed by atoms with Crippen LogP contribution in [0, 0.1) is 21.4 Å². The minimum Gasteiger partial charge on any atom is -0.337 e. The first kappa shape index (κ1) is 20.6. The molecule has 0 atom stereocenters. The number of hydrogen-bond acceptors (Lipinski definition) is 4. The number of carbonyl (C=O) groups is 1. The van der Waals surface area contributed by atoms with Crippen LogP contribution in [-0.4, -0.2) is 15.4 Å². The van der Waals surface area contributed by atoms with Gasteiger partial charge in [0.25, 0.3) is 5.69 Å². The topological polar surface area (TPSA) is 101 Å². The number of hydrogen-bond donors (Lipinski definition) is 1. The Balaban J connectivity index is 1.66. The van der Waals surface area contributed by atoms with Crippen LogP contribution in [0.25, 0.3) is 22.6 Å². The second-order valence-electron chi connectivity index (χ2n) is 7.12. The number of anilines is 1. The van der Waals surface area contributed by atoms with Crippen molar-refractivity contribution in [1.29, 1.82) is 5.26 Å². The minimum absolute atomic E-state index is 0.0351. The van der Waals surface area contributed by atoms with E-state index in [4.69, 9.17) is 0 Å². The third-order valence-corrected chi connectivity index (χ3v) is 5.00. The average Bonchev–Trinajstić information content (AvgIpc) is 3.15. The molecular formula is C25H18N4O3. The maximum absolute atomic E-state index is 12.6. The number of benzene rings is 3. The zero-order chi connectivity index (χ0) is 22.5. The molecule has 1 heterocycles. The van der Waals surface area contributed by atoms with Crippen LogP contribution < -0.4 is 5.32 Å². The Hall–Kier alpha value is -4.70. The molecule has 0 saturated heterocycles. The summed E-state index contributed by atoms with van der Waals surface area (Å²) in [5.74, 6) is -0.164. The number of nitrogens with zero attached hydrogens (tertiary/aromatic N) is 3. The third kappa shape index (κ3) is 4.40. The van der Waals surface area contributed by atoms with Gasteiger partial charge in [-0.1, -0.05) is 36.4 Å². The fourth-order valence-corrected chi connectivity index (χ4v) is 3.50. The highest BCUT2D eigenvalue weighted by Gasteiger charge is 2.12. The quantitative estimate of drug-likeness (QED) is 0.260. The first-order valence-corrected chi connectivity index (χ1v) is 9.84. The monoisotopic (exact) mass is 422 g/mol. The molecule has 0 saturated carbocycles. The predicted molar refractivity (Wildman–Crippen MR) is 124 cm³/mol. The molecule has 1 amide bonds. The zero-order valence-corrected chi connectivity index (χ0v) is 16.9. The fraction of sp³-hybridized carbons (Fsp3) is 0.0400. The zero-order valence-electron chi connectivity index (χ0n) is 16.9. The highest BCUT2D eigenvalue weighted by Crippen LogP contribution is 2.27. The van der Waals surface area contributed by atoms with Gasteiger partial charge in [0.2, 0.25) is 5.91 Å². The largest absolute Gasteiger partial charge is 0.337 e. The number of rotatable bonds is 6. The van der Waals surface area contributed by atoms with Gasteiger partial charge in [-0.2, -0.15) is 5.26 Å². The summed E-state index contributed by atoms with van der Waals surface area (Å²) in [6, 6.07) is 24.9. The van der Waals surface area contributed by atoms with Crippen molar-refractivity contribution in [2.45, 2.75) is 6.54 Å². The molecule has 4 rings (SSSR count). The Morgan fingerprint density at radius 1 is 1.03 bits per heavy atom. The molecule has 0 radical (unpaired) electrons. The molecule has 32 heavy (non-hydrogen) atoms. The molecule has 0 spiro atoms. The van der Waals surface area contributed by atoms with Crippen LogP contribution in [0.1, 0.15) is 11.1 Å². The Morgan fingerprint density at radius 2 is 1.72 bits per heavy atom. The number of para-hydroxylation sites is 2. The van der Waals surface area contributed by atoms with Crippen molar-refractivity contribution < 1.29 is 9.72 Å². The molecule has 7 heteroatoms. The lowest BCUT2D eigenvalue weighted by Gasteiger charge is -2.07. The van der Waals surface area contributed by atoms with Gasteiger partial charge in [-0.05, 0) is 42.0 Å². The number of non-ortho nitro benzene ring substituents is 1. The number of nitrogens with one attached hydrogen (secondary N) is 1. The summed E-state index contributed by atoms with van der Waals surface area (Å²) < 4.78 is 1.84. The highest BCUT2D eigenvalue weighted by molar-refractivity contribution is 5.99. The summed E-state index contributed by atoms with van der Waals surface area (Å²) in [5.41, 5.74) is 3.28. The molecule has 0 aliphatic heterocycles. The molecule has 1 aromatic heterocycles. The minimum atomic E-state index is -0.479. The van der Waals surface area contributed by atoms with Crippen LogP contribution >= 0.6 is 0 Å². The molecule has 7 nitrogen and oxygen atoms in total. The van der Waals surface area contributed by atoms with E-state index in [-0.39, 0.29) is 18.1 Å². The summed E-state index contributed by atoms with van der Waals surface area (Å²) in [4.78, 5) is 23.0. The van der Waals surface area contributed by atoms with Crippen molar-refractivity contribution in [3.05, 3.63) is 106 Å². The highest BCUT2D eigenvalue weighted by atomic mass is 16.6. The number of amides is 1. The smallest absolute Gasteiger partial charge is 0.269 e. The molecule has 156 valence electrons. The van der Waals surface area contributed by atoms with Crippen LogP contribution in [0.3, 0.4) is 0 Å². The SMILES string of the molecule is N#C/C(=C/c1cn(CC(=O)Nc2ccccc2)c2ccccc12)c1ccc([N+](=O)[O-])cc1. The Labute approximate surface area is 184 Å². The van der Waals surface area contributed by atoms with Gasteiger partial charge in [-0.25, -0.2) is 0 Å². The first-order valence-electron chi connectivity index (χ1n) is 9.84. The van der Waals surface area contributed by atoms with Crippen LogP contribution in [-0.2, 0) is 11.3 Å². The van der Waals surface area contributed by atoms with E-state index in [1.165, 1.54) is 12.1 Å². The second kappa shape index (κ2) is 8.98. The normalized spacial score (nSPS) is 11.2. The maximum atomic E-state index is 12.6. The number of allylic oxidation sites excluding steroid dienone is 1. The lowest BCUT2D eigenvalue weighted by Crippen LogP contribution is -2.18. The molecule has 0 aliphatic rings. The molecule has 0 unspecified atom stereocenters. The van der Waals surface area contributed by atoms with E-state index in [0.717, 1.165) is 22.2 Å². The molecular weight excluding hydrogens is 404 g/mol. The van der Waals surface area contributed by atoms with Crippen molar-refractivity contribution in [3.63, 3.8) is 0 Å². The Kier molecular flexibility index (Phi) is 5.77. The van der Waals surface area contributed by atoms with E-state index in [1.807, 2.05) is 65.4 Å². The van der Waals surface area contributed by atoms with Gasteiger partial charge in [-0.3, -0.25) is 14.9 Å². The van der Waals surface area contributed by atoms with Gasteiger partial charge >= 0.3 is 0 Å². The number of carbonyl (C=O) groups excluding carboxylic acids is 1. The van der Waals surface area contributed by atoms with Crippen molar-refractivity contribution in [2.24, 2.45) is 0 Å². The number of nitro groups is 1. The van der Waals surface area contributed by atoms with Gasteiger partial charge in [-0.15, -0.1) is 0 Å². The average molecular weight is 422 g/mol. The van der Waals surface area contributed by atoms with Gasteiger partial charge in [0.15, 0.2) is 0 Å².